The van der Waals surface area contributed by atoms with Crippen molar-refractivity contribution in [1.82, 2.24) is 5.32 Å². The van der Waals surface area contributed by atoms with Crippen molar-refractivity contribution in [3.05, 3.63) is 0 Å². The quantitative estimate of drug-likeness (QED) is 0.483. The van der Waals surface area contributed by atoms with Gasteiger partial charge in [0.25, 0.3) is 0 Å². The highest BCUT2D eigenvalue weighted by Crippen LogP contribution is 2.16. The number of hydrogen-bond donors (Lipinski definition) is 4. The molecule has 0 aromatic rings. The summed E-state index contributed by atoms with van der Waals surface area (Å²) in [6.45, 7) is 1.42. The monoisotopic (exact) mass is 205 g/mol. The van der Waals surface area contributed by atoms with E-state index in [-0.39, 0.29) is 19.3 Å². The van der Waals surface area contributed by atoms with E-state index in [2.05, 4.69) is 5.32 Å². The van der Waals surface area contributed by atoms with Crippen molar-refractivity contribution in [2.45, 2.75) is 38.2 Å². The highest BCUT2D eigenvalue weighted by molar-refractivity contribution is 4.61. The van der Waals surface area contributed by atoms with Crippen molar-refractivity contribution >= 4 is 0 Å². The molecule has 4 heteroatoms. The smallest absolute Gasteiger partial charge is 0.0555 e. The van der Waals surface area contributed by atoms with Gasteiger partial charge in [0.15, 0.2) is 0 Å². The number of rotatable bonds is 4. The standard InChI is InChI=1S/C6H12O.C4H11NO2/c7-6-4-2-1-3-5-6;6-3-1-5-2-4-7/h6-7H,1-5H2;5-7H,1-4H2. The van der Waals surface area contributed by atoms with Gasteiger partial charge in [0, 0.05) is 13.1 Å². The van der Waals surface area contributed by atoms with Crippen LogP contribution >= 0.6 is 0 Å². The average Bonchev–Trinajstić information content (AvgIpc) is 2.21. The summed E-state index contributed by atoms with van der Waals surface area (Å²) in [5.74, 6) is 0. The molecule has 0 heterocycles. The van der Waals surface area contributed by atoms with Crippen molar-refractivity contribution < 1.29 is 15.3 Å². The van der Waals surface area contributed by atoms with Gasteiger partial charge in [-0.3, -0.25) is 0 Å². The van der Waals surface area contributed by atoms with Gasteiger partial charge in [0.05, 0.1) is 19.3 Å². The van der Waals surface area contributed by atoms with Gasteiger partial charge in [-0.25, -0.2) is 0 Å². The predicted octanol–water partition coefficient (Wildman–Crippen LogP) is -0.128. The van der Waals surface area contributed by atoms with Crippen LogP contribution in [0.25, 0.3) is 0 Å². The molecule has 4 nitrogen and oxygen atoms in total. The fourth-order valence-corrected chi connectivity index (χ4v) is 1.36. The van der Waals surface area contributed by atoms with Crippen molar-refractivity contribution in [2.75, 3.05) is 26.3 Å². The summed E-state index contributed by atoms with van der Waals surface area (Å²) in [5, 5.41) is 28.0. The van der Waals surface area contributed by atoms with Crippen molar-refractivity contribution in [3.8, 4) is 0 Å². The topological polar surface area (TPSA) is 72.7 Å². The highest BCUT2D eigenvalue weighted by atomic mass is 16.3. The molecule has 0 aliphatic heterocycles. The van der Waals surface area contributed by atoms with E-state index in [4.69, 9.17) is 15.3 Å². The summed E-state index contributed by atoms with van der Waals surface area (Å²) in [7, 11) is 0. The normalized spacial score (nSPS) is 17.4. The van der Waals surface area contributed by atoms with Crippen LogP contribution in [0.2, 0.25) is 0 Å². The van der Waals surface area contributed by atoms with Gasteiger partial charge >= 0.3 is 0 Å². The van der Waals surface area contributed by atoms with Crippen molar-refractivity contribution in [3.63, 3.8) is 0 Å². The van der Waals surface area contributed by atoms with Crippen LogP contribution in [-0.2, 0) is 0 Å². The molecule has 0 radical (unpaired) electrons. The molecule has 1 aliphatic carbocycles. The maximum absolute atomic E-state index is 8.91. The second-order valence-electron chi connectivity index (χ2n) is 3.49. The number of hydrogen-bond acceptors (Lipinski definition) is 4. The van der Waals surface area contributed by atoms with E-state index < -0.39 is 0 Å². The predicted molar refractivity (Wildman–Crippen MR) is 56.1 cm³/mol. The third kappa shape index (κ3) is 9.92. The minimum absolute atomic E-state index is 0.0359. The summed E-state index contributed by atoms with van der Waals surface area (Å²) in [5.41, 5.74) is 0. The van der Waals surface area contributed by atoms with Gasteiger partial charge in [-0.1, -0.05) is 19.3 Å². The van der Waals surface area contributed by atoms with Gasteiger partial charge in [0.2, 0.25) is 0 Å². The molecule has 1 rings (SSSR count). The molecule has 0 unspecified atom stereocenters. The molecule has 1 aliphatic rings. The molecule has 0 spiro atoms. The lowest BCUT2D eigenvalue weighted by Crippen LogP contribution is -2.21. The Morgan fingerprint density at radius 1 is 0.929 bits per heavy atom. The van der Waals surface area contributed by atoms with E-state index in [0.29, 0.717) is 13.1 Å². The largest absolute Gasteiger partial charge is 0.395 e. The first-order chi connectivity index (χ1) is 6.81. The van der Waals surface area contributed by atoms with E-state index in [1.807, 2.05) is 0 Å². The molecule has 0 amide bonds. The Balaban J connectivity index is 0.000000241. The van der Waals surface area contributed by atoms with Crippen LogP contribution in [0.3, 0.4) is 0 Å². The minimum atomic E-state index is 0.0359. The van der Waals surface area contributed by atoms with Crippen LogP contribution in [0.4, 0.5) is 0 Å². The van der Waals surface area contributed by atoms with E-state index in [0.717, 1.165) is 12.8 Å². The van der Waals surface area contributed by atoms with E-state index in [9.17, 15) is 0 Å². The lowest BCUT2D eigenvalue weighted by Gasteiger charge is -2.14. The molecule has 1 saturated carbocycles. The summed E-state index contributed by atoms with van der Waals surface area (Å²) < 4.78 is 0. The Kier molecular flexibility index (Phi) is 10.8. The highest BCUT2D eigenvalue weighted by Gasteiger charge is 2.07. The Morgan fingerprint density at radius 2 is 1.43 bits per heavy atom. The average molecular weight is 205 g/mol. The van der Waals surface area contributed by atoms with Crippen molar-refractivity contribution in [2.24, 2.45) is 0 Å². The second kappa shape index (κ2) is 10.9. The first kappa shape index (κ1) is 13.8. The molecule has 0 saturated heterocycles. The van der Waals surface area contributed by atoms with E-state index in [1.54, 1.807) is 0 Å². The summed E-state index contributed by atoms with van der Waals surface area (Å²) in [4.78, 5) is 0. The van der Waals surface area contributed by atoms with Gasteiger partial charge < -0.3 is 20.6 Å². The van der Waals surface area contributed by atoms with Crippen LogP contribution in [0.15, 0.2) is 0 Å². The molecule has 0 aromatic heterocycles. The first-order valence-corrected chi connectivity index (χ1v) is 5.41. The molecule has 14 heavy (non-hydrogen) atoms. The third-order valence-electron chi connectivity index (χ3n) is 2.15. The SMILES string of the molecule is OC1CCCCC1.OCCNCCO. The minimum Gasteiger partial charge on any atom is -0.395 e. The zero-order valence-corrected chi connectivity index (χ0v) is 8.78. The molecular weight excluding hydrogens is 182 g/mol. The summed E-state index contributed by atoms with van der Waals surface area (Å²) >= 11 is 0. The molecule has 86 valence electrons. The molecular formula is C10H23NO3. The van der Waals surface area contributed by atoms with E-state index in [1.165, 1.54) is 19.3 Å². The fourth-order valence-electron chi connectivity index (χ4n) is 1.36. The second-order valence-corrected chi connectivity index (χ2v) is 3.49. The zero-order valence-electron chi connectivity index (χ0n) is 8.78. The first-order valence-electron chi connectivity index (χ1n) is 5.41. The van der Waals surface area contributed by atoms with Crippen LogP contribution in [0, 0.1) is 0 Å². The van der Waals surface area contributed by atoms with Crippen LogP contribution < -0.4 is 5.32 Å². The third-order valence-corrected chi connectivity index (χ3v) is 2.15. The lowest BCUT2D eigenvalue weighted by molar-refractivity contribution is 0.130. The summed E-state index contributed by atoms with van der Waals surface area (Å²) in [6, 6.07) is 0. The maximum atomic E-state index is 8.91. The number of nitrogens with one attached hydrogen (secondary N) is 1. The number of aliphatic hydroxyl groups is 3. The Morgan fingerprint density at radius 3 is 1.71 bits per heavy atom. The molecule has 0 atom stereocenters. The zero-order chi connectivity index (χ0) is 10.6. The Labute approximate surface area is 86.0 Å². The lowest BCUT2D eigenvalue weighted by atomic mass is 9.98. The van der Waals surface area contributed by atoms with Gasteiger partial charge in [-0.15, -0.1) is 0 Å². The van der Waals surface area contributed by atoms with Gasteiger partial charge in [-0.2, -0.15) is 0 Å². The van der Waals surface area contributed by atoms with Crippen LogP contribution in [0.5, 0.6) is 0 Å². The van der Waals surface area contributed by atoms with Crippen molar-refractivity contribution in [1.29, 1.82) is 0 Å². The maximum Gasteiger partial charge on any atom is 0.0555 e. The van der Waals surface area contributed by atoms with Gasteiger partial charge in [0.1, 0.15) is 0 Å². The fraction of sp³-hybridized carbons (Fsp3) is 1.00. The van der Waals surface area contributed by atoms with E-state index >= 15 is 0 Å². The Hall–Kier alpha value is -0.160. The number of aliphatic hydroxyl groups excluding tert-OH is 3. The van der Waals surface area contributed by atoms with Gasteiger partial charge in [-0.05, 0) is 12.8 Å². The summed E-state index contributed by atoms with van der Waals surface area (Å²) in [6.07, 6.45) is 5.92. The molecule has 0 aromatic carbocycles. The molecule has 0 bridgehead atoms. The molecule has 1 fully saturated rings. The van der Waals surface area contributed by atoms with Crippen LogP contribution in [-0.4, -0.2) is 47.7 Å². The Bertz CT molecular complexity index is 102. The van der Waals surface area contributed by atoms with Crippen LogP contribution in [0.1, 0.15) is 32.1 Å². The molecule has 4 N–H and O–H groups in total.